The Hall–Kier alpha value is -2.91. The van der Waals surface area contributed by atoms with E-state index in [1.165, 1.54) is 41.4 Å². The van der Waals surface area contributed by atoms with Crippen molar-refractivity contribution >= 4 is 33.2 Å². The predicted octanol–water partition coefficient (Wildman–Crippen LogP) is 3.22. The summed E-state index contributed by atoms with van der Waals surface area (Å²) in [7, 11) is -3.51. The van der Waals surface area contributed by atoms with E-state index in [0.717, 1.165) is 37.3 Å². The smallest absolute Gasteiger partial charge is 0.251 e. The first-order chi connectivity index (χ1) is 16.3. The SMILES string of the molecule is CC(CC(=O)Nc1cccc(N2CCCC2)c1)NC(=O)c1ccc(S(=O)(=O)N2CCCC2)cc1. The average Bonchev–Trinajstić information content (AvgIpc) is 3.54. The van der Waals surface area contributed by atoms with E-state index in [2.05, 4.69) is 15.5 Å². The number of sulfonamides is 1. The molecule has 0 aromatic heterocycles. The van der Waals surface area contributed by atoms with Crippen molar-refractivity contribution in [1.82, 2.24) is 9.62 Å². The van der Waals surface area contributed by atoms with Crippen molar-refractivity contribution in [3.8, 4) is 0 Å². The van der Waals surface area contributed by atoms with E-state index in [1.807, 2.05) is 24.3 Å². The quantitative estimate of drug-likeness (QED) is 0.600. The number of carbonyl (C=O) groups is 2. The van der Waals surface area contributed by atoms with Crippen LogP contribution in [-0.4, -0.2) is 56.8 Å². The number of rotatable bonds is 8. The molecule has 2 aliphatic heterocycles. The Morgan fingerprint density at radius 1 is 0.941 bits per heavy atom. The number of nitrogens with zero attached hydrogens (tertiary/aromatic N) is 2. The zero-order valence-corrected chi connectivity index (χ0v) is 20.3. The van der Waals surface area contributed by atoms with E-state index in [-0.39, 0.29) is 29.2 Å². The van der Waals surface area contributed by atoms with Gasteiger partial charge in [0.1, 0.15) is 0 Å². The Balaban J connectivity index is 1.29. The van der Waals surface area contributed by atoms with Gasteiger partial charge in [0.2, 0.25) is 15.9 Å². The van der Waals surface area contributed by atoms with E-state index >= 15 is 0 Å². The summed E-state index contributed by atoms with van der Waals surface area (Å²) in [6.07, 6.45) is 4.24. The zero-order chi connectivity index (χ0) is 24.1. The maximum atomic E-state index is 12.6. The van der Waals surface area contributed by atoms with Gasteiger partial charge in [-0.3, -0.25) is 9.59 Å². The van der Waals surface area contributed by atoms with Gasteiger partial charge in [-0.15, -0.1) is 0 Å². The van der Waals surface area contributed by atoms with Crippen LogP contribution in [0.5, 0.6) is 0 Å². The highest BCUT2D eigenvalue weighted by Gasteiger charge is 2.27. The monoisotopic (exact) mass is 484 g/mol. The molecule has 0 spiro atoms. The highest BCUT2D eigenvalue weighted by atomic mass is 32.2. The molecule has 0 saturated carbocycles. The number of benzene rings is 2. The molecule has 1 atom stereocenters. The number of hydrogen-bond acceptors (Lipinski definition) is 5. The van der Waals surface area contributed by atoms with Crippen molar-refractivity contribution in [2.24, 2.45) is 0 Å². The number of hydrogen-bond donors (Lipinski definition) is 2. The first kappa shape index (κ1) is 24.2. The third-order valence-electron chi connectivity index (χ3n) is 6.29. The topological polar surface area (TPSA) is 98.8 Å². The first-order valence-corrected chi connectivity index (χ1v) is 13.3. The van der Waals surface area contributed by atoms with Gasteiger partial charge < -0.3 is 15.5 Å². The Labute approximate surface area is 201 Å². The fourth-order valence-corrected chi connectivity index (χ4v) is 5.98. The first-order valence-electron chi connectivity index (χ1n) is 11.9. The lowest BCUT2D eigenvalue weighted by molar-refractivity contribution is -0.116. The largest absolute Gasteiger partial charge is 0.371 e. The summed E-state index contributed by atoms with van der Waals surface area (Å²) in [6.45, 7) is 4.90. The summed E-state index contributed by atoms with van der Waals surface area (Å²) in [5, 5.41) is 5.73. The lowest BCUT2D eigenvalue weighted by Gasteiger charge is -2.19. The van der Waals surface area contributed by atoms with Gasteiger partial charge in [-0.05, 0) is 75.1 Å². The lowest BCUT2D eigenvalue weighted by atomic mass is 10.1. The van der Waals surface area contributed by atoms with Crippen molar-refractivity contribution in [1.29, 1.82) is 0 Å². The molecule has 4 rings (SSSR count). The van der Waals surface area contributed by atoms with Crippen LogP contribution in [0, 0.1) is 0 Å². The normalized spacial score (nSPS) is 17.5. The molecule has 2 aliphatic rings. The standard InChI is InChI=1S/C25H32N4O4S/c1-19(17-24(30)27-21-7-6-8-22(18-21)28-13-2-3-14-28)26-25(31)20-9-11-23(12-10-20)34(32,33)29-15-4-5-16-29/h6-12,18-19H,2-5,13-17H2,1H3,(H,26,31)(H,27,30). The van der Waals surface area contributed by atoms with Gasteiger partial charge in [-0.1, -0.05) is 6.07 Å². The Bertz CT molecular complexity index is 1120. The minimum Gasteiger partial charge on any atom is -0.371 e. The van der Waals surface area contributed by atoms with Gasteiger partial charge in [0.15, 0.2) is 0 Å². The second-order valence-electron chi connectivity index (χ2n) is 9.01. The molecule has 2 N–H and O–H groups in total. The summed E-state index contributed by atoms with van der Waals surface area (Å²) < 4.78 is 26.8. The summed E-state index contributed by atoms with van der Waals surface area (Å²) in [5.74, 6) is -0.528. The third kappa shape index (κ3) is 5.77. The van der Waals surface area contributed by atoms with Crippen LogP contribution in [0.2, 0.25) is 0 Å². The van der Waals surface area contributed by atoms with Gasteiger partial charge in [-0.2, -0.15) is 4.31 Å². The van der Waals surface area contributed by atoms with Crippen molar-refractivity contribution in [3.05, 3.63) is 54.1 Å². The molecule has 2 saturated heterocycles. The molecular formula is C25H32N4O4S. The molecule has 9 heteroatoms. The van der Waals surface area contributed by atoms with Crippen LogP contribution in [-0.2, 0) is 14.8 Å². The van der Waals surface area contributed by atoms with Gasteiger partial charge in [0.25, 0.3) is 5.91 Å². The van der Waals surface area contributed by atoms with E-state index in [4.69, 9.17) is 0 Å². The summed E-state index contributed by atoms with van der Waals surface area (Å²) in [6, 6.07) is 13.4. The Morgan fingerprint density at radius 3 is 2.26 bits per heavy atom. The molecule has 1 unspecified atom stereocenters. The van der Waals surface area contributed by atoms with Gasteiger partial charge in [0.05, 0.1) is 4.90 Å². The molecule has 2 heterocycles. The highest BCUT2D eigenvalue weighted by Crippen LogP contribution is 2.24. The predicted molar refractivity (Wildman–Crippen MR) is 132 cm³/mol. The second-order valence-corrected chi connectivity index (χ2v) is 10.9. The summed E-state index contributed by atoms with van der Waals surface area (Å²) in [4.78, 5) is 27.6. The maximum Gasteiger partial charge on any atom is 0.251 e. The molecule has 0 radical (unpaired) electrons. The lowest BCUT2D eigenvalue weighted by Crippen LogP contribution is -2.35. The number of anilines is 2. The van der Waals surface area contributed by atoms with Crippen LogP contribution in [0.4, 0.5) is 11.4 Å². The van der Waals surface area contributed by atoms with Gasteiger partial charge in [0, 0.05) is 55.6 Å². The van der Waals surface area contributed by atoms with E-state index in [0.29, 0.717) is 18.7 Å². The second kappa shape index (κ2) is 10.6. The molecule has 2 aromatic rings. The summed E-state index contributed by atoms with van der Waals surface area (Å²) >= 11 is 0. The van der Waals surface area contributed by atoms with Crippen LogP contribution in [0.1, 0.15) is 49.4 Å². The van der Waals surface area contributed by atoms with Crippen molar-refractivity contribution in [2.45, 2.75) is 50.0 Å². The zero-order valence-electron chi connectivity index (χ0n) is 19.5. The minimum atomic E-state index is -3.51. The van der Waals surface area contributed by atoms with Gasteiger partial charge in [-0.25, -0.2) is 8.42 Å². The molecular weight excluding hydrogens is 452 g/mol. The maximum absolute atomic E-state index is 12.6. The Kier molecular flexibility index (Phi) is 7.53. The molecule has 2 fully saturated rings. The summed E-state index contributed by atoms with van der Waals surface area (Å²) in [5.41, 5.74) is 2.19. The fraction of sp³-hybridized carbons (Fsp3) is 0.440. The third-order valence-corrected chi connectivity index (χ3v) is 8.20. The van der Waals surface area contributed by atoms with Crippen LogP contribution in [0.3, 0.4) is 0 Å². The number of nitrogens with one attached hydrogen (secondary N) is 2. The minimum absolute atomic E-state index is 0.126. The van der Waals surface area contributed by atoms with Crippen LogP contribution in [0.15, 0.2) is 53.4 Å². The van der Waals surface area contributed by atoms with E-state index in [9.17, 15) is 18.0 Å². The molecule has 0 bridgehead atoms. The Morgan fingerprint density at radius 2 is 1.59 bits per heavy atom. The molecule has 2 amide bonds. The fourth-order valence-electron chi connectivity index (χ4n) is 4.46. The molecule has 0 aliphatic carbocycles. The van der Waals surface area contributed by atoms with Crippen LogP contribution >= 0.6 is 0 Å². The van der Waals surface area contributed by atoms with Crippen LogP contribution in [0.25, 0.3) is 0 Å². The number of carbonyl (C=O) groups excluding carboxylic acids is 2. The molecule has 8 nitrogen and oxygen atoms in total. The molecule has 182 valence electrons. The van der Waals surface area contributed by atoms with Crippen molar-refractivity contribution in [2.75, 3.05) is 36.4 Å². The van der Waals surface area contributed by atoms with E-state index in [1.54, 1.807) is 6.92 Å². The van der Waals surface area contributed by atoms with E-state index < -0.39 is 10.0 Å². The number of amides is 2. The molecule has 2 aromatic carbocycles. The van der Waals surface area contributed by atoms with Crippen LogP contribution < -0.4 is 15.5 Å². The van der Waals surface area contributed by atoms with Gasteiger partial charge >= 0.3 is 0 Å². The average molecular weight is 485 g/mol. The highest BCUT2D eigenvalue weighted by molar-refractivity contribution is 7.89. The molecule has 34 heavy (non-hydrogen) atoms. The van der Waals surface area contributed by atoms with Crippen molar-refractivity contribution in [3.63, 3.8) is 0 Å². The van der Waals surface area contributed by atoms with Crippen molar-refractivity contribution < 1.29 is 18.0 Å².